The summed E-state index contributed by atoms with van der Waals surface area (Å²) in [4.78, 5) is 0. The van der Waals surface area contributed by atoms with Gasteiger partial charge in [0.2, 0.25) is 10.0 Å². The quantitative estimate of drug-likeness (QED) is 0.751. The summed E-state index contributed by atoms with van der Waals surface area (Å²) in [6.07, 6.45) is 2.76. The Morgan fingerprint density at radius 3 is 2.16 bits per heavy atom. The van der Waals surface area contributed by atoms with Gasteiger partial charge in [-0.2, -0.15) is 0 Å². The van der Waals surface area contributed by atoms with Crippen LogP contribution in [0, 0.1) is 0 Å². The van der Waals surface area contributed by atoms with E-state index in [4.69, 9.17) is 0 Å². The first kappa shape index (κ1) is 15.2. The van der Waals surface area contributed by atoms with Crippen LogP contribution in [-0.2, 0) is 19.9 Å². The third-order valence-corrected chi connectivity index (χ3v) is 7.68. The average molecular weight is 311 g/mol. The van der Waals surface area contributed by atoms with Crippen LogP contribution in [-0.4, -0.2) is 50.8 Å². The lowest BCUT2D eigenvalue weighted by Crippen LogP contribution is -2.49. The number of sulfone groups is 1. The zero-order valence-corrected chi connectivity index (χ0v) is 12.4. The highest BCUT2D eigenvalue weighted by Gasteiger charge is 2.35. The molecule has 2 atom stereocenters. The minimum atomic E-state index is -3.54. The fraction of sp³-hybridized carbons (Fsp3) is 1.00. The van der Waals surface area contributed by atoms with Crippen LogP contribution < -0.4 is 4.72 Å². The van der Waals surface area contributed by atoms with Crippen LogP contribution in [0.5, 0.6) is 0 Å². The molecule has 8 heteroatoms. The van der Waals surface area contributed by atoms with E-state index in [0.29, 0.717) is 12.8 Å². The lowest BCUT2D eigenvalue weighted by Gasteiger charge is -2.30. The van der Waals surface area contributed by atoms with Crippen molar-refractivity contribution >= 4 is 19.9 Å². The Labute approximate surface area is 114 Å². The maximum absolute atomic E-state index is 12.2. The van der Waals surface area contributed by atoms with Gasteiger partial charge in [-0.3, -0.25) is 0 Å². The number of sulfonamides is 1. The molecule has 0 aromatic carbocycles. The van der Waals surface area contributed by atoms with Crippen LogP contribution in [0.25, 0.3) is 0 Å². The van der Waals surface area contributed by atoms with E-state index in [2.05, 4.69) is 4.72 Å². The predicted octanol–water partition coefficient (Wildman–Crippen LogP) is -0.213. The predicted molar refractivity (Wildman–Crippen MR) is 72.0 cm³/mol. The number of rotatable bonds is 3. The Hall–Kier alpha value is -0.180. The lowest BCUT2D eigenvalue weighted by molar-refractivity contribution is 0.101. The van der Waals surface area contributed by atoms with Crippen molar-refractivity contribution in [1.29, 1.82) is 0 Å². The minimum Gasteiger partial charge on any atom is -0.391 e. The normalized spacial score (nSPS) is 33.1. The summed E-state index contributed by atoms with van der Waals surface area (Å²) in [5.74, 6) is -0.127. The van der Waals surface area contributed by atoms with Crippen molar-refractivity contribution in [3.8, 4) is 0 Å². The van der Waals surface area contributed by atoms with Crippen molar-refractivity contribution in [2.45, 2.75) is 55.9 Å². The highest BCUT2D eigenvalue weighted by molar-refractivity contribution is 7.92. The number of aliphatic hydroxyl groups excluding tert-OH is 1. The SMILES string of the molecule is O=S1(=O)CCC(S(=O)(=O)NC2CCCCC2O)CC1. The Kier molecular flexibility index (Phi) is 4.54. The van der Waals surface area contributed by atoms with Crippen molar-refractivity contribution in [3.05, 3.63) is 0 Å². The van der Waals surface area contributed by atoms with Crippen molar-refractivity contribution < 1.29 is 21.9 Å². The Balaban J connectivity index is 1.98. The highest BCUT2D eigenvalue weighted by Crippen LogP contribution is 2.23. The third kappa shape index (κ3) is 3.90. The van der Waals surface area contributed by atoms with E-state index < -0.39 is 37.3 Å². The van der Waals surface area contributed by atoms with Gasteiger partial charge in [-0.15, -0.1) is 0 Å². The van der Waals surface area contributed by atoms with Gasteiger partial charge >= 0.3 is 0 Å². The first-order valence-corrected chi connectivity index (χ1v) is 10.1. The number of hydrogen-bond donors (Lipinski definition) is 2. The molecule has 1 aliphatic heterocycles. The summed E-state index contributed by atoms with van der Waals surface area (Å²) >= 11 is 0. The number of hydrogen-bond acceptors (Lipinski definition) is 5. The van der Waals surface area contributed by atoms with Gasteiger partial charge in [0.15, 0.2) is 0 Å². The maximum atomic E-state index is 12.2. The third-order valence-electron chi connectivity index (χ3n) is 3.99. The Morgan fingerprint density at radius 2 is 1.58 bits per heavy atom. The molecule has 2 fully saturated rings. The molecule has 1 saturated heterocycles. The monoisotopic (exact) mass is 311 g/mol. The number of aliphatic hydroxyl groups is 1. The smallest absolute Gasteiger partial charge is 0.214 e. The fourth-order valence-corrected chi connectivity index (χ4v) is 6.27. The second-order valence-corrected chi connectivity index (χ2v) is 9.77. The minimum absolute atomic E-state index is 0.0637. The van der Waals surface area contributed by atoms with Gasteiger partial charge in [-0.05, 0) is 25.7 Å². The van der Waals surface area contributed by atoms with Crippen molar-refractivity contribution in [3.63, 3.8) is 0 Å². The molecular formula is C11H21NO5S2. The first-order chi connectivity index (χ1) is 8.80. The van der Waals surface area contributed by atoms with Gasteiger partial charge < -0.3 is 5.11 Å². The Bertz CT molecular complexity index is 499. The largest absolute Gasteiger partial charge is 0.391 e. The molecule has 19 heavy (non-hydrogen) atoms. The fourth-order valence-electron chi connectivity index (χ4n) is 2.73. The van der Waals surface area contributed by atoms with Crippen LogP contribution in [0.2, 0.25) is 0 Å². The molecule has 0 amide bonds. The molecule has 2 aliphatic rings. The van der Waals surface area contributed by atoms with E-state index in [-0.39, 0.29) is 24.3 Å². The molecule has 6 nitrogen and oxygen atoms in total. The van der Waals surface area contributed by atoms with E-state index in [1.165, 1.54) is 0 Å². The van der Waals surface area contributed by atoms with Crippen molar-refractivity contribution in [1.82, 2.24) is 4.72 Å². The van der Waals surface area contributed by atoms with Gasteiger partial charge in [0.25, 0.3) is 0 Å². The zero-order valence-electron chi connectivity index (χ0n) is 10.8. The molecular weight excluding hydrogens is 290 g/mol. The van der Waals surface area contributed by atoms with Crippen molar-refractivity contribution in [2.24, 2.45) is 0 Å². The molecule has 2 rings (SSSR count). The van der Waals surface area contributed by atoms with Crippen molar-refractivity contribution in [2.75, 3.05) is 11.5 Å². The van der Waals surface area contributed by atoms with Gasteiger partial charge in [0.1, 0.15) is 9.84 Å². The summed E-state index contributed by atoms with van der Waals surface area (Å²) in [7, 11) is -6.60. The van der Waals surface area contributed by atoms with E-state index in [0.717, 1.165) is 12.8 Å². The van der Waals surface area contributed by atoms with Gasteiger partial charge in [-0.1, -0.05) is 12.8 Å². The van der Waals surface area contributed by atoms with Crippen LogP contribution in [0.4, 0.5) is 0 Å². The van der Waals surface area contributed by atoms with Gasteiger partial charge in [0.05, 0.1) is 22.9 Å². The van der Waals surface area contributed by atoms with Crippen LogP contribution in [0.15, 0.2) is 0 Å². The van der Waals surface area contributed by atoms with E-state index in [9.17, 15) is 21.9 Å². The van der Waals surface area contributed by atoms with Crippen LogP contribution in [0.1, 0.15) is 38.5 Å². The summed E-state index contributed by atoms with van der Waals surface area (Å²) in [6.45, 7) is 0. The molecule has 1 aliphatic carbocycles. The second-order valence-electron chi connectivity index (χ2n) is 5.47. The highest BCUT2D eigenvalue weighted by atomic mass is 32.2. The van der Waals surface area contributed by atoms with E-state index in [1.807, 2.05) is 0 Å². The topological polar surface area (TPSA) is 101 Å². The zero-order chi connectivity index (χ0) is 14.1. The summed E-state index contributed by atoms with van der Waals surface area (Å²) in [6, 6.07) is -0.419. The summed E-state index contributed by atoms with van der Waals surface area (Å²) < 4.78 is 49.6. The first-order valence-electron chi connectivity index (χ1n) is 6.70. The molecule has 1 saturated carbocycles. The number of nitrogens with one attached hydrogen (secondary N) is 1. The Morgan fingerprint density at radius 1 is 1.00 bits per heavy atom. The summed E-state index contributed by atoms with van der Waals surface area (Å²) in [5, 5.41) is 9.14. The molecule has 0 radical (unpaired) electrons. The molecule has 0 aromatic heterocycles. The molecule has 2 unspecified atom stereocenters. The summed E-state index contributed by atoms with van der Waals surface area (Å²) in [5.41, 5.74) is 0. The standard InChI is InChI=1S/C11H21NO5S2/c13-11-4-2-1-3-10(11)12-19(16,17)9-5-7-18(14,15)8-6-9/h9-13H,1-8H2. The van der Waals surface area contributed by atoms with Crippen LogP contribution in [0.3, 0.4) is 0 Å². The average Bonchev–Trinajstić information content (AvgIpc) is 2.31. The molecule has 2 N–H and O–H groups in total. The van der Waals surface area contributed by atoms with Gasteiger partial charge in [-0.25, -0.2) is 21.6 Å². The molecule has 0 spiro atoms. The lowest BCUT2D eigenvalue weighted by atomic mass is 9.93. The van der Waals surface area contributed by atoms with E-state index >= 15 is 0 Å². The molecule has 0 aromatic rings. The maximum Gasteiger partial charge on any atom is 0.214 e. The van der Waals surface area contributed by atoms with Gasteiger partial charge in [0, 0.05) is 6.04 Å². The molecule has 1 heterocycles. The molecule has 112 valence electrons. The van der Waals surface area contributed by atoms with Crippen LogP contribution >= 0.6 is 0 Å². The van der Waals surface area contributed by atoms with E-state index in [1.54, 1.807) is 0 Å². The molecule has 0 bridgehead atoms. The second kappa shape index (κ2) is 5.67.